The number of hydrogen-bond acceptors (Lipinski definition) is 2. The maximum absolute atomic E-state index is 2.58. The molecule has 35 heavy (non-hydrogen) atoms. The average molecular weight is 448 g/mol. The fraction of sp³-hybridized carbons (Fsp3) is 0.125. The van der Waals surface area contributed by atoms with Crippen LogP contribution in [0.25, 0.3) is 0 Å². The zero-order valence-corrected chi connectivity index (χ0v) is 19.6. The van der Waals surface area contributed by atoms with E-state index in [-0.39, 0.29) is 0 Å². The van der Waals surface area contributed by atoms with Gasteiger partial charge in [0.15, 0.2) is 0 Å². The second-order valence-electron chi connectivity index (χ2n) is 10.0. The molecule has 0 unspecified atom stereocenters. The quantitative estimate of drug-likeness (QED) is 0.308. The zero-order valence-electron chi connectivity index (χ0n) is 19.6. The van der Waals surface area contributed by atoms with Gasteiger partial charge >= 0.3 is 0 Å². The van der Waals surface area contributed by atoms with Crippen molar-refractivity contribution in [2.24, 2.45) is 0 Å². The summed E-state index contributed by atoms with van der Waals surface area (Å²) in [6.45, 7) is 0.304. The number of nitrogens with zero attached hydrogens (tertiary/aromatic N) is 2. The standard InChI is InChI=1S/C32H25BN2/c1-3-12-23(13-4-1)34-28-18-8-7-17-26(28)33-27-21-22-11-9-16-25(22)32(27)35(24-14-5-2-6-15-24)30-20-10-19-29(34)31(30)33/h1-8,10,12-15,17-20H,9,11,16,21H2. The van der Waals surface area contributed by atoms with Crippen molar-refractivity contribution in [2.45, 2.75) is 25.7 Å². The van der Waals surface area contributed by atoms with Crippen molar-refractivity contribution in [3.05, 3.63) is 125 Å². The van der Waals surface area contributed by atoms with E-state index < -0.39 is 0 Å². The third kappa shape index (κ3) is 2.61. The van der Waals surface area contributed by atoms with Crippen molar-refractivity contribution in [2.75, 3.05) is 9.80 Å². The van der Waals surface area contributed by atoms with Crippen LogP contribution in [0, 0.1) is 0 Å². The molecular formula is C32H25BN2. The van der Waals surface area contributed by atoms with Crippen LogP contribution < -0.4 is 20.7 Å². The topological polar surface area (TPSA) is 6.48 Å². The molecule has 0 fully saturated rings. The molecule has 0 radical (unpaired) electrons. The largest absolute Gasteiger partial charge is 0.311 e. The van der Waals surface area contributed by atoms with Gasteiger partial charge in [-0.05, 0) is 84.6 Å². The Balaban J connectivity index is 1.46. The number of hydrogen-bond donors (Lipinski definition) is 0. The SMILES string of the molecule is c1ccc(N2C3=C(CC4=C3CCC4)B3c4ccccc4N(c4ccccc4)c4cccc2c43)cc1. The lowest BCUT2D eigenvalue weighted by molar-refractivity contribution is 0.867. The summed E-state index contributed by atoms with van der Waals surface area (Å²) in [5.74, 6) is 0. The van der Waals surface area contributed by atoms with E-state index in [2.05, 4.69) is 113 Å². The predicted octanol–water partition coefficient (Wildman–Crippen LogP) is 6.91. The lowest BCUT2D eigenvalue weighted by Crippen LogP contribution is -2.55. The van der Waals surface area contributed by atoms with Crippen molar-refractivity contribution in [1.29, 1.82) is 0 Å². The minimum absolute atomic E-state index is 0.304. The van der Waals surface area contributed by atoms with Crippen molar-refractivity contribution in [1.82, 2.24) is 0 Å². The Bertz CT molecular complexity index is 1550. The van der Waals surface area contributed by atoms with Gasteiger partial charge in [0, 0.05) is 34.1 Å². The molecule has 0 saturated heterocycles. The highest BCUT2D eigenvalue weighted by molar-refractivity contribution is 6.95. The van der Waals surface area contributed by atoms with E-state index in [0.29, 0.717) is 6.71 Å². The fourth-order valence-electron chi connectivity index (χ4n) is 6.94. The molecule has 0 N–H and O–H groups in total. The molecule has 2 aliphatic heterocycles. The fourth-order valence-corrected chi connectivity index (χ4v) is 6.94. The summed E-state index contributed by atoms with van der Waals surface area (Å²) >= 11 is 0. The normalized spacial score (nSPS) is 17.4. The van der Waals surface area contributed by atoms with E-state index >= 15 is 0 Å². The molecule has 0 atom stereocenters. The summed E-state index contributed by atoms with van der Waals surface area (Å²) in [5, 5.41) is 0. The highest BCUT2D eigenvalue weighted by Crippen LogP contribution is 2.52. The summed E-state index contributed by atoms with van der Waals surface area (Å²) in [6, 6.07) is 37.8. The molecule has 4 aromatic carbocycles. The van der Waals surface area contributed by atoms with Crippen LogP contribution in [-0.2, 0) is 0 Å². The third-order valence-electron chi connectivity index (χ3n) is 8.25. The Labute approximate surface area is 206 Å². The molecule has 8 rings (SSSR count). The maximum atomic E-state index is 2.58. The minimum atomic E-state index is 0.304. The summed E-state index contributed by atoms with van der Waals surface area (Å²) in [4.78, 5) is 5.05. The monoisotopic (exact) mass is 448 g/mol. The molecule has 0 bridgehead atoms. The van der Waals surface area contributed by atoms with E-state index in [1.165, 1.54) is 64.3 Å². The first-order chi connectivity index (χ1) is 17.4. The molecule has 0 aromatic heterocycles. The van der Waals surface area contributed by atoms with Gasteiger partial charge in [0.05, 0.1) is 0 Å². The summed E-state index contributed by atoms with van der Waals surface area (Å²) in [6.07, 6.45) is 4.86. The maximum Gasteiger partial charge on any atom is 0.247 e. The third-order valence-corrected chi connectivity index (χ3v) is 8.25. The van der Waals surface area contributed by atoms with E-state index in [0.717, 1.165) is 6.42 Å². The summed E-state index contributed by atoms with van der Waals surface area (Å²) in [7, 11) is 0. The van der Waals surface area contributed by atoms with Crippen LogP contribution in [0.4, 0.5) is 28.4 Å². The van der Waals surface area contributed by atoms with Crippen molar-refractivity contribution >= 4 is 46.1 Å². The first kappa shape index (κ1) is 19.3. The molecule has 0 amide bonds. The number of fused-ring (bicyclic) bond motifs is 4. The van der Waals surface area contributed by atoms with Crippen molar-refractivity contribution < 1.29 is 0 Å². The van der Waals surface area contributed by atoms with E-state index in [1.807, 2.05) is 0 Å². The van der Waals surface area contributed by atoms with Crippen LogP contribution in [0.2, 0.25) is 0 Å². The van der Waals surface area contributed by atoms with Crippen LogP contribution in [0.15, 0.2) is 125 Å². The zero-order chi connectivity index (χ0) is 22.9. The van der Waals surface area contributed by atoms with Crippen LogP contribution >= 0.6 is 0 Å². The van der Waals surface area contributed by atoms with Gasteiger partial charge in [0.25, 0.3) is 0 Å². The molecule has 4 aliphatic rings. The van der Waals surface area contributed by atoms with Crippen LogP contribution in [0.1, 0.15) is 25.7 Å². The molecule has 2 nitrogen and oxygen atoms in total. The van der Waals surface area contributed by atoms with E-state index in [1.54, 1.807) is 16.6 Å². The number of rotatable bonds is 2. The summed E-state index contributed by atoms with van der Waals surface area (Å²) < 4.78 is 0. The Morgan fingerprint density at radius 2 is 1.20 bits per heavy atom. The van der Waals surface area contributed by atoms with Gasteiger partial charge in [-0.1, -0.05) is 71.7 Å². The number of para-hydroxylation sites is 3. The van der Waals surface area contributed by atoms with Crippen LogP contribution in [0.3, 0.4) is 0 Å². The Hall–Kier alpha value is -3.98. The minimum Gasteiger partial charge on any atom is -0.311 e. The average Bonchev–Trinajstić information content (AvgIpc) is 3.52. The second kappa shape index (κ2) is 7.26. The van der Waals surface area contributed by atoms with E-state index in [9.17, 15) is 0 Å². The van der Waals surface area contributed by atoms with Crippen LogP contribution in [0.5, 0.6) is 0 Å². The molecular weight excluding hydrogens is 423 g/mol. The molecule has 4 aromatic rings. The van der Waals surface area contributed by atoms with Crippen molar-refractivity contribution in [3.63, 3.8) is 0 Å². The second-order valence-corrected chi connectivity index (χ2v) is 10.0. The number of allylic oxidation sites excluding steroid dienone is 3. The van der Waals surface area contributed by atoms with Gasteiger partial charge in [0.1, 0.15) is 0 Å². The highest BCUT2D eigenvalue weighted by atomic mass is 15.2. The lowest BCUT2D eigenvalue weighted by Gasteiger charge is -2.44. The highest BCUT2D eigenvalue weighted by Gasteiger charge is 2.47. The number of benzene rings is 4. The van der Waals surface area contributed by atoms with Gasteiger partial charge < -0.3 is 9.80 Å². The first-order valence-electron chi connectivity index (χ1n) is 12.8. The van der Waals surface area contributed by atoms with Gasteiger partial charge in [0.2, 0.25) is 6.71 Å². The Morgan fingerprint density at radius 1 is 0.571 bits per heavy atom. The smallest absolute Gasteiger partial charge is 0.247 e. The van der Waals surface area contributed by atoms with Gasteiger partial charge in [-0.15, -0.1) is 0 Å². The predicted molar refractivity (Wildman–Crippen MR) is 147 cm³/mol. The summed E-state index contributed by atoms with van der Waals surface area (Å²) in [5.41, 5.74) is 15.7. The molecule has 0 spiro atoms. The van der Waals surface area contributed by atoms with Gasteiger partial charge in [-0.2, -0.15) is 0 Å². The first-order valence-corrected chi connectivity index (χ1v) is 12.8. The van der Waals surface area contributed by atoms with E-state index in [4.69, 9.17) is 0 Å². The molecule has 0 saturated carbocycles. The van der Waals surface area contributed by atoms with Crippen LogP contribution in [-0.4, -0.2) is 6.71 Å². The molecule has 166 valence electrons. The molecule has 3 heteroatoms. The Kier molecular flexibility index (Phi) is 4.01. The molecule has 2 heterocycles. The van der Waals surface area contributed by atoms with Crippen molar-refractivity contribution in [3.8, 4) is 0 Å². The number of anilines is 5. The van der Waals surface area contributed by atoms with Gasteiger partial charge in [-0.3, -0.25) is 0 Å². The van der Waals surface area contributed by atoms with Gasteiger partial charge in [-0.25, -0.2) is 0 Å². The molecule has 2 aliphatic carbocycles. The Morgan fingerprint density at radius 3 is 1.97 bits per heavy atom. The lowest BCUT2D eigenvalue weighted by atomic mass is 9.32.